The van der Waals surface area contributed by atoms with Crippen LogP contribution in [0.3, 0.4) is 0 Å². The molecule has 37 heavy (non-hydrogen) atoms. The number of para-hydroxylation sites is 1. The van der Waals surface area contributed by atoms with Gasteiger partial charge in [-0.1, -0.05) is 54.6 Å². The Hall–Kier alpha value is -4.46. The van der Waals surface area contributed by atoms with E-state index in [4.69, 9.17) is 4.74 Å². The van der Waals surface area contributed by atoms with Crippen LogP contribution in [0.4, 0.5) is 0 Å². The zero-order valence-electron chi connectivity index (χ0n) is 20.0. The Kier molecular flexibility index (Phi) is 5.92. The molecule has 5 aromatic rings. The lowest BCUT2D eigenvalue weighted by atomic mass is 9.95. The number of hydrogen-bond donors (Lipinski definition) is 4. The van der Waals surface area contributed by atoms with Crippen molar-refractivity contribution in [2.24, 2.45) is 0 Å². The number of aliphatic hydroxyl groups excluding tert-OH is 1. The molecule has 3 aromatic carbocycles. The maximum absolute atomic E-state index is 13.0. The SMILES string of the molecule is O=C1NC(=O)C(c2c[nH]c3ccc(CCC(O)OCc4ccccc4)cc23)=C1c1c[nH]c2ccccc12. The molecule has 0 spiro atoms. The van der Waals surface area contributed by atoms with Crippen LogP contribution in [0.1, 0.15) is 28.7 Å². The van der Waals surface area contributed by atoms with Gasteiger partial charge >= 0.3 is 0 Å². The van der Waals surface area contributed by atoms with Gasteiger partial charge in [-0.25, -0.2) is 0 Å². The third-order valence-corrected chi connectivity index (χ3v) is 6.77. The third kappa shape index (κ3) is 4.35. The molecule has 2 amide bonds. The number of aliphatic hydroxyl groups is 1. The molecular formula is C30H25N3O4. The molecule has 2 aromatic heterocycles. The number of rotatable bonds is 8. The molecule has 0 radical (unpaired) electrons. The van der Waals surface area contributed by atoms with Gasteiger partial charge in [0.05, 0.1) is 17.8 Å². The van der Waals surface area contributed by atoms with Gasteiger partial charge in [0.2, 0.25) is 0 Å². The second-order valence-electron chi connectivity index (χ2n) is 9.15. The highest BCUT2D eigenvalue weighted by molar-refractivity contribution is 6.50. The average Bonchev–Trinajstić information content (AvgIpc) is 3.61. The Balaban J connectivity index is 1.29. The van der Waals surface area contributed by atoms with Gasteiger partial charge in [-0.15, -0.1) is 0 Å². The summed E-state index contributed by atoms with van der Waals surface area (Å²) in [5, 5.41) is 14.5. The number of carbonyl (C=O) groups is 2. The molecule has 1 atom stereocenters. The highest BCUT2D eigenvalue weighted by Gasteiger charge is 2.34. The molecule has 184 valence electrons. The van der Waals surface area contributed by atoms with Crippen molar-refractivity contribution in [1.29, 1.82) is 0 Å². The predicted molar refractivity (Wildman–Crippen MR) is 142 cm³/mol. The van der Waals surface area contributed by atoms with Gasteiger partial charge in [0.1, 0.15) is 0 Å². The number of aryl methyl sites for hydroxylation is 1. The van der Waals surface area contributed by atoms with Crippen molar-refractivity contribution >= 4 is 44.8 Å². The van der Waals surface area contributed by atoms with Crippen molar-refractivity contribution < 1.29 is 19.4 Å². The monoisotopic (exact) mass is 491 g/mol. The van der Waals surface area contributed by atoms with Crippen molar-refractivity contribution in [2.75, 3.05) is 0 Å². The second-order valence-corrected chi connectivity index (χ2v) is 9.15. The van der Waals surface area contributed by atoms with E-state index in [9.17, 15) is 14.7 Å². The Morgan fingerprint density at radius 2 is 1.38 bits per heavy atom. The van der Waals surface area contributed by atoms with Crippen LogP contribution in [-0.4, -0.2) is 33.2 Å². The van der Waals surface area contributed by atoms with Crippen molar-refractivity contribution in [3.05, 3.63) is 107 Å². The molecule has 0 bridgehead atoms. The number of carbonyl (C=O) groups excluding carboxylic acids is 2. The van der Waals surface area contributed by atoms with Crippen LogP contribution in [0.5, 0.6) is 0 Å². The highest BCUT2D eigenvalue weighted by Crippen LogP contribution is 2.37. The van der Waals surface area contributed by atoms with Crippen LogP contribution in [0.25, 0.3) is 33.0 Å². The van der Waals surface area contributed by atoms with E-state index in [0.29, 0.717) is 41.7 Å². The number of hydrogen-bond acceptors (Lipinski definition) is 4. The molecule has 3 heterocycles. The van der Waals surface area contributed by atoms with E-state index in [2.05, 4.69) is 15.3 Å². The minimum Gasteiger partial charge on any atom is -0.368 e. The number of amides is 2. The van der Waals surface area contributed by atoms with E-state index < -0.39 is 18.1 Å². The summed E-state index contributed by atoms with van der Waals surface area (Å²) in [5.74, 6) is -0.824. The predicted octanol–water partition coefficient (Wildman–Crippen LogP) is 4.68. The van der Waals surface area contributed by atoms with Crippen LogP contribution in [0, 0.1) is 0 Å². The minimum absolute atomic E-state index is 0.344. The zero-order valence-corrected chi connectivity index (χ0v) is 20.0. The molecule has 1 aliphatic rings. The summed E-state index contributed by atoms with van der Waals surface area (Å²) in [4.78, 5) is 32.3. The number of ether oxygens (including phenoxy) is 1. The van der Waals surface area contributed by atoms with Crippen LogP contribution in [0.15, 0.2) is 85.2 Å². The Morgan fingerprint density at radius 1 is 0.730 bits per heavy atom. The van der Waals surface area contributed by atoms with Gasteiger partial charge < -0.3 is 19.8 Å². The van der Waals surface area contributed by atoms with Crippen molar-refractivity contribution in [2.45, 2.75) is 25.7 Å². The normalized spacial score (nSPS) is 14.6. The van der Waals surface area contributed by atoms with Crippen LogP contribution >= 0.6 is 0 Å². The van der Waals surface area contributed by atoms with E-state index in [1.807, 2.05) is 72.8 Å². The number of benzene rings is 3. The molecule has 0 saturated heterocycles. The topological polar surface area (TPSA) is 107 Å². The first-order valence-electron chi connectivity index (χ1n) is 12.2. The smallest absolute Gasteiger partial charge is 0.259 e. The fraction of sp³-hybridized carbons (Fsp3) is 0.133. The summed E-state index contributed by atoms with van der Waals surface area (Å²) in [6, 6.07) is 23.4. The van der Waals surface area contributed by atoms with Crippen LogP contribution in [-0.2, 0) is 27.4 Å². The van der Waals surface area contributed by atoms with Crippen molar-refractivity contribution in [3.8, 4) is 0 Å². The van der Waals surface area contributed by atoms with Gasteiger partial charge in [0.25, 0.3) is 11.8 Å². The Morgan fingerprint density at radius 3 is 2.14 bits per heavy atom. The van der Waals surface area contributed by atoms with Gasteiger partial charge in [0.15, 0.2) is 6.29 Å². The lowest BCUT2D eigenvalue weighted by Crippen LogP contribution is -2.22. The summed E-state index contributed by atoms with van der Waals surface area (Å²) in [6.07, 6.45) is 3.68. The van der Waals surface area contributed by atoms with Gasteiger partial charge in [-0.3, -0.25) is 14.9 Å². The minimum atomic E-state index is -0.893. The maximum Gasteiger partial charge on any atom is 0.259 e. The van der Waals surface area contributed by atoms with E-state index >= 15 is 0 Å². The lowest BCUT2D eigenvalue weighted by Gasteiger charge is -2.12. The molecule has 0 aliphatic carbocycles. The molecule has 6 rings (SSSR count). The molecular weight excluding hydrogens is 466 g/mol. The lowest BCUT2D eigenvalue weighted by molar-refractivity contribution is -0.122. The van der Waals surface area contributed by atoms with Gasteiger partial charge in [0, 0.05) is 51.7 Å². The standard InChI is InChI=1S/C30H25N3O4/c34-26(37-17-19-6-2-1-3-7-19)13-11-18-10-12-25-21(14-18)23(16-32-25)28-27(29(35)33-30(28)36)22-15-31-24-9-5-4-8-20(22)24/h1-10,12,14-16,26,31-32,34H,11,13,17H2,(H,33,35,36). The number of imide groups is 1. The Labute approximate surface area is 212 Å². The molecule has 0 fully saturated rings. The first-order valence-corrected chi connectivity index (χ1v) is 12.2. The first kappa shape index (κ1) is 23.0. The fourth-order valence-corrected chi connectivity index (χ4v) is 4.92. The zero-order chi connectivity index (χ0) is 25.4. The van der Waals surface area contributed by atoms with E-state index in [1.165, 1.54) is 0 Å². The van der Waals surface area contributed by atoms with Crippen molar-refractivity contribution in [3.63, 3.8) is 0 Å². The first-order chi connectivity index (χ1) is 18.1. The van der Waals surface area contributed by atoms with Crippen LogP contribution in [0.2, 0.25) is 0 Å². The molecule has 4 N–H and O–H groups in total. The second kappa shape index (κ2) is 9.54. The number of fused-ring (bicyclic) bond motifs is 2. The molecule has 1 aliphatic heterocycles. The van der Waals surface area contributed by atoms with E-state index in [-0.39, 0.29) is 0 Å². The molecule has 7 heteroatoms. The molecule has 0 saturated carbocycles. The number of aromatic amines is 2. The number of nitrogens with one attached hydrogen (secondary N) is 3. The summed E-state index contributed by atoms with van der Waals surface area (Å²) >= 11 is 0. The fourth-order valence-electron chi connectivity index (χ4n) is 4.92. The molecule has 7 nitrogen and oxygen atoms in total. The summed E-state index contributed by atoms with van der Waals surface area (Å²) in [7, 11) is 0. The van der Waals surface area contributed by atoms with E-state index in [0.717, 1.165) is 32.9 Å². The van der Waals surface area contributed by atoms with Crippen LogP contribution < -0.4 is 5.32 Å². The van der Waals surface area contributed by atoms with Gasteiger partial charge in [-0.05, 0) is 35.7 Å². The quantitative estimate of drug-likeness (QED) is 0.187. The number of H-pyrrole nitrogens is 2. The van der Waals surface area contributed by atoms with Gasteiger partial charge in [-0.2, -0.15) is 0 Å². The largest absolute Gasteiger partial charge is 0.368 e. The number of aromatic nitrogens is 2. The molecule has 1 unspecified atom stereocenters. The average molecular weight is 492 g/mol. The summed E-state index contributed by atoms with van der Waals surface area (Å²) in [6.45, 7) is 0.344. The third-order valence-electron chi connectivity index (χ3n) is 6.77. The Bertz CT molecular complexity index is 1660. The van der Waals surface area contributed by atoms with Crippen molar-refractivity contribution in [1.82, 2.24) is 15.3 Å². The maximum atomic E-state index is 13.0. The summed E-state index contributed by atoms with van der Waals surface area (Å²) < 4.78 is 5.59. The summed E-state index contributed by atoms with van der Waals surface area (Å²) in [5.41, 5.74) is 5.82. The van der Waals surface area contributed by atoms with E-state index in [1.54, 1.807) is 12.4 Å². The highest BCUT2D eigenvalue weighted by atomic mass is 16.6.